The number of rotatable bonds is 21. The molecule has 4 N–H and O–H groups in total. The van der Waals surface area contributed by atoms with E-state index in [1.165, 1.54) is 52.3 Å². The summed E-state index contributed by atoms with van der Waals surface area (Å²) in [7, 11) is -5.54. The van der Waals surface area contributed by atoms with E-state index >= 15 is 0 Å². The number of benzene rings is 4. The Morgan fingerprint density at radius 2 is 1.05 bits per heavy atom. The molecule has 4 fully saturated rings. The van der Waals surface area contributed by atoms with Crippen LogP contribution in [0.2, 0.25) is 0 Å². The number of aliphatic hydroxyl groups excluding tert-OH is 2. The molecule has 440 valence electrons. The highest BCUT2D eigenvalue weighted by atomic mass is 32.2. The van der Waals surface area contributed by atoms with Crippen LogP contribution in [0.3, 0.4) is 0 Å². The molecule has 4 aliphatic rings. The van der Waals surface area contributed by atoms with Gasteiger partial charge in [0.25, 0.3) is 0 Å². The average molecular weight is 1150 g/mol. The molecule has 0 aromatic heterocycles. The maximum atomic E-state index is 14.3. The lowest BCUT2D eigenvalue weighted by Crippen LogP contribution is -2.56. The van der Waals surface area contributed by atoms with Gasteiger partial charge in [0.05, 0.1) is 67.6 Å². The van der Waals surface area contributed by atoms with Crippen molar-refractivity contribution in [2.75, 3.05) is 27.4 Å². The first-order valence-electron chi connectivity index (χ1n) is 27.5. The van der Waals surface area contributed by atoms with Gasteiger partial charge in [-0.2, -0.15) is 8.61 Å². The van der Waals surface area contributed by atoms with E-state index in [9.17, 15) is 36.6 Å². The van der Waals surface area contributed by atoms with Crippen LogP contribution < -0.4 is 29.6 Å². The Balaban J connectivity index is 0.000000233. The van der Waals surface area contributed by atoms with Crippen molar-refractivity contribution in [2.45, 2.75) is 183 Å². The van der Waals surface area contributed by atoms with Gasteiger partial charge in [0.15, 0.2) is 29.3 Å². The Bertz CT molecular complexity index is 2840. The van der Waals surface area contributed by atoms with E-state index in [4.69, 9.17) is 37.9 Å². The predicted octanol–water partition coefficient (Wildman–Crippen LogP) is 8.62. The number of ether oxygens (including phenoxy) is 8. The second-order valence-electron chi connectivity index (χ2n) is 21.6. The van der Waals surface area contributed by atoms with Gasteiger partial charge in [-0.25, -0.2) is 26.4 Å². The number of aliphatic hydroxyl groups is 2. The minimum absolute atomic E-state index is 0.0185. The van der Waals surface area contributed by atoms with Crippen molar-refractivity contribution < 1.29 is 74.5 Å². The normalized spacial score (nSPS) is 20.5. The van der Waals surface area contributed by atoms with E-state index in [1.54, 1.807) is 81.4 Å². The molecular formula is C58H80N4O16S2. The number of carbonyl (C=O) groups excluding carboxylic acids is 2. The van der Waals surface area contributed by atoms with Gasteiger partial charge in [0, 0.05) is 25.2 Å². The van der Waals surface area contributed by atoms with Gasteiger partial charge in [-0.15, -0.1) is 0 Å². The largest absolute Gasteiger partial charge is 0.493 e. The Morgan fingerprint density at radius 3 is 1.46 bits per heavy atom. The van der Waals surface area contributed by atoms with Crippen molar-refractivity contribution >= 4 is 32.2 Å². The zero-order valence-corrected chi connectivity index (χ0v) is 48.5. The maximum Gasteiger partial charge on any atom is 0.409 e. The summed E-state index contributed by atoms with van der Waals surface area (Å²) in [4.78, 5) is 25.6. The molecule has 4 aromatic carbocycles. The van der Waals surface area contributed by atoms with Crippen LogP contribution in [0.4, 0.5) is 9.59 Å². The molecule has 0 radical (unpaired) electrons. The highest BCUT2D eigenvalue weighted by Gasteiger charge is 2.45. The van der Waals surface area contributed by atoms with Gasteiger partial charge >= 0.3 is 12.2 Å². The van der Waals surface area contributed by atoms with Crippen molar-refractivity contribution in [1.82, 2.24) is 19.2 Å². The van der Waals surface area contributed by atoms with Crippen molar-refractivity contribution in [1.29, 1.82) is 0 Å². The highest BCUT2D eigenvalue weighted by molar-refractivity contribution is 7.89. The van der Waals surface area contributed by atoms with Crippen LogP contribution in [-0.4, -0.2) is 130 Å². The fourth-order valence-corrected chi connectivity index (χ4v) is 13.4. The van der Waals surface area contributed by atoms with Crippen molar-refractivity contribution in [2.24, 2.45) is 5.92 Å². The van der Waals surface area contributed by atoms with Gasteiger partial charge in [0.1, 0.15) is 24.0 Å². The number of hydrogen-bond acceptors (Lipinski definition) is 16. The van der Waals surface area contributed by atoms with Crippen LogP contribution in [0.5, 0.6) is 23.0 Å². The van der Waals surface area contributed by atoms with Gasteiger partial charge in [0.2, 0.25) is 20.0 Å². The number of amides is 2. The zero-order valence-electron chi connectivity index (χ0n) is 46.9. The predicted molar refractivity (Wildman–Crippen MR) is 297 cm³/mol. The van der Waals surface area contributed by atoms with Crippen molar-refractivity contribution in [3.05, 3.63) is 108 Å². The lowest BCUT2D eigenvalue weighted by Gasteiger charge is -2.34. The number of hydrogen-bond donors (Lipinski definition) is 4. The van der Waals surface area contributed by atoms with E-state index in [1.807, 2.05) is 12.1 Å². The summed E-state index contributed by atoms with van der Waals surface area (Å²) in [6, 6.07) is 26.8. The number of fused-ring (bicyclic) bond motifs is 1. The first-order valence-corrected chi connectivity index (χ1v) is 30.4. The molecule has 2 amide bonds. The van der Waals surface area contributed by atoms with Crippen LogP contribution in [0.15, 0.2) is 107 Å². The molecule has 0 bridgehead atoms. The number of sulfonamides is 2. The zero-order chi connectivity index (χ0) is 57.6. The molecule has 20 nitrogen and oxygen atoms in total. The summed E-state index contributed by atoms with van der Waals surface area (Å²) in [5.41, 5.74) is 0.543. The Hall–Kier alpha value is -5.72. The van der Waals surface area contributed by atoms with Crippen LogP contribution in [0.1, 0.15) is 116 Å². The minimum Gasteiger partial charge on any atom is -0.493 e. The van der Waals surface area contributed by atoms with Gasteiger partial charge in [-0.05, 0) is 128 Å². The maximum absolute atomic E-state index is 14.3. The summed E-state index contributed by atoms with van der Waals surface area (Å²) in [5, 5.41) is 26.6. The topological polar surface area (TPSA) is 247 Å². The SMILES string of the molecule is COc1ccc(S(=O)(=O)N(Cc2ccccc2)[C@H](NC(=O)OC(C)(C)C)[C@@H](C)O)cc1OC1CCCCC1.COc1ccc(S(=O)(=O)N(Cc2ccccc2)[C@H](NC(=O)O[C@H]2CO[C@H]3OCC[C@H]32)[C@@H](C)O)cc1OC1CCCCC1. The van der Waals surface area contributed by atoms with Crippen LogP contribution in [-0.2, 0) is 52.1 Å². The highest BCUT2D eigenvalue weighted by Crippen LogP contribution is 2.38. The number of alkyl carbamates (subject to hydrolysis) is 2. The smallest absolute Gasteiger partial charge is 0.409 e. The molecule has 2 aliphatic carbocycles. The quantitative estimate of drug-likeness (QED) is 0.0570. The molecule has 4 aromatic rings. The molecule has 0 unspecified atom stereocenters. The number of methoxy groups -OCH3 is 2. The monoisotopic (exact) mass is 1150 g/mol. The third-order valence-corrected chi connectivity index (χ3v) is 17.9. The van der Waals surface area contributed by atoms with E-state index in [0.29, 0.717) is 47.2 Å². The first kappa shape index (κ1) is 61.9. The molecule has 80 heavy (non-hydrogen) atoms. The van der Waals surface area contributed by atoms with Crippen molar-refractivity contribution in [3.8, 4) is 23.0 Å². The lowest BCUT2D eigenvalue weighted by atomic mass is 9.98. The summed E-state index contributed by atoms with van der Waals surface area (Å²) >= 11 is 0. The number of carbonyl (C=O) groups is 2. The summed E-state index contributed by atoms with van der Waals surface area (Å²) in [5.74, 6) is 1.44. The van der Waals surface area contributed by atoms with Gasteiger partial charge in [-0.1, -0.05) is 73.5 Å². The third-order valence-electron chi connectivity index (χ3n) is 14.2. The molecule has 22 heteroatoms. The van der Waals surface area contributed by atoms with E-state index in [-0.39, 0.29) is 47.6 Å². The second-order valence-corrected chi connectivity index (χ2v) is 25.4. The Kier molecular flexibility index (Phi) is 21.9. The lowest BCUT2D eigenvalue weighted by molar-refractivity contribution is -0.0907. The van der Waals surface area contributed by atoms with Gasteiger partial charge < -0.3 is 58.7 Å². The summed E-state index contributed by atoms with van der Waals surface area (Å²) in [6.07, 6.45) is 2.90. The molecule has 2 saturated heterocycles. The Labute approximate surface area is 471 Å². The molecule has 2 saturated carbocycles. The average Bonchev–Trinajstić information content (AvgIpc) is 4.18. The summed E-state index contributed by atoms with van der Waals surface area (Å²) in [6.45, 7) is 8.43. The molecule has 2 aliphatic heterocycles. The molecule has 0 spiro atoms. The Morgan fingerprint density at radius 1 is 0.613 bits per heavy atom. The first-order chi connectivity index (χ1) is 38.2. The van der Waals surface area contributed by atoms with Crippen molar-refractivity contribution in [3.63, 3.8) is 0 Å². The molecule has 8 rings (SSSR count). The molecular weight excluding hydrogens is 1070 g/mol. The van der Waals surface area contributed by atoms with Crippen LogP contribution in [0.25, 0.3) is 0 Å². The van der Waals surface area contributed by atoms with E-state index in [2.05, 4.69) is 10.6 Å². The van der Waals surface area contributed by atoms with E-state index in [0.717, 1.165) is 72.8 Å². The second kappa shape index (κ2) is 28.3. The standard InChI is InChI=1S/C30H40N2O9S.C28H40N2O7S/c1-20(33)28(31-30(34)41-27-19-39-29-24(27)15-16-38-29)32(18-21-9-5-3-6-10-21)42(35,36)23-13-14-25(37-2)26(17-23)40-22-11-7-4-8-12-22;1-20(31)26(29-27(32)37-28(2,3)4)30(19-21-12-8-6-9-13-21)38(33,34)23-16-17-24(35-5)25(18-23)36-22-14-10-7-11-15-22/h3,5-6,9-10,13-14,17,20,22,24,27-29,33H,4,7-8,11-12,15-16,18-19H2,1-2H3,(H,31,34);6,8-9,12-13,16-18,20,22,26,31H,7,10-11,14-15,19H2,1-5H3,(H,29,32)/t20-,24+,27+,28+,29-;20-,26+/m11/s1. The number of nitrogens with one attached hydrogen (secondary N) is 2. The third kappa shape index (κ3) is 16.7. The fourth-order valence-electron chi connectivity index (χ4n) is 10.1. The molecule has 7 atom stereocenters. The van der Waals surface area contributed by atoms with Crippen LogP contribution in [0, 0.1) is 5.92 Å². The summed E-state index contributed by atoms with van der Waals surface area (Å²) < 4.78 is 104. The fraction of sp³-hybridized carbons (Fsp3) is 0.552. The van der Waals surface area contributed by atoms with Crippen LogP contribution >= 0.6 is 0 Å². The van der Waals surface area contributed by atoms with Gasteiger partial charge in [-0.3, -0.25) is 0 Å². The minimum atomic E-state index is -4.30. The molecule has 2 heterocycles. The number of nitrogens with zero attached hydrogens (tertiary/aromatic N) is 2. The van der Waals surface area contributed by atoms with E-state index < -0.39 is 74.8 Å².